The first kappa shape index (κ1) is 14.5. The molecule has 1 aromatic carbocycles. The van der Waals surface area contributed by atoms with Crippen LogP contribution in [0.15, 0.2) is 24.3 Å². The monoisotopic (exact) mass is 252 g/mol. The molecule has 0 saturated heterocycles. The van der Waals surface area contributed by atoms with E-state index in [-0.39, 0.29) is 5.91 Å². The lowest BCUT2D eigenvalue weighted by molar-refractivity contribution is -0.117. The van der Waals surface area contributed by atoms with Gasteiger partial charge in [0, 0.05) is 24.9 Å². The van der Waals surface area contributed by atoms with Crippen molar-refractivity contribution in [3.63, 3.8) is 0 Å². The second kappa shape index (κ2) is 8.49. The summed E-state index contributed by atoms with van der Waals surface area (Å²) in [4.78, 5) is 11.6. The molecule has 0 aliphatic carbocycles. The normalized spacial score (nSPS) is 10.1. The third-order valence-corrected chi connectivity index (χ3v) is 2.18. The van der Waals surface area contributed by atoms with Gasteiger partial charge in [-0.3, -0.25) is 4.79 Å². The Morgan fingerprint density at radius 3 is 2.94 bits per heavy atom. The maximum absolute atomic E-state index is 11.6. The number of nitrogens with two attached hydrogens (primary N) is 1. The molecule has 18 heavy (non-hydrogen) atoms. The number of benzene rings is 1. The number of hydrogen-bond donors (Lipinski definition) is 2. The van der Waals surface area contributed by atoms with Gasteiger partial charge in [0.1, 0.15) is 12.4 Å². The van der Waals surface area contributed by atoms with Gasteiger partial charge < -0.3 is 20.5 Å². The van der Waals surface area contributed by atoms with Crippen LogP contribution in [-0.2, 0) is 9.53 Å². The molecule has 0 saturated carbocycles. The number of ether oxygens (including phenoxy) is 2. The Kier molecular flexibility index (Phi) is 6.83. The van der Waals surface area contributed by atoms with E-state index >= 15 is 0 Å². The zero-order chi connectivity index (χ0) is 13.2. The van der Waals surface area contributed by atoms with Gasteiger partial charge in [-0.25, -0.2) is 0 Å². The molecule has 1 aromatic rings. The minimum Gasteiger partial charge on any atom is -0.492 e. The Hall–Kier alpha value is -1.59. The van der Waals surface area contributed by atoms with E-state index in [0.29, 0.717) is 44.2 Å². The van der Waals surface area contributed by atoms with E-state index in [9.17, 15) is 4.79 Å². The van der Waals surface area contributed by atoms with Crippen molar-refractivity contribution < 1.29 is 14.3 Å². The van der Waals surface area contributed by atoms with Gasteiger partial charge in [0.25, 0.3) is 0 Å². The predicted octanol–water partition coefficient (Wildman–Crippen LogP) is 1.39. The number of amides is 1. The number of carbonyl (C=O) groups is 1. The molecule has 1 rings (SSSR count). The summed E-state index contributed by atoms with van der Waals surface area (Å²) < 4.78 is 10.5. The van der Waals surface area contributed by atoms with Crippen molar-refractivity contribution in [3.05, 3.63) is 24.3 Å². The van der Waals surface area contributed by atoms with Gasteiger partial charge in [0.2, 0.25) is 5.91 Å². The van der Waals surface area contributed by atoms with Crippen LogP contribution in [0.1, 0.15) is 13.3 Å². The fourth-order valence-electron chi connectivity index (χ4n) is 1.37. The third kappa shape index (κ3) is 5.65. The zero-order valence-corrected chi connectivity index (χ0v) is 10.6. The lowest BCUT2D eigenvalue weighted by Gasteiger charge is -2.08. The molecular weight excluding hydrogens is 232 g/mol. The molecule has 5 heteroatoms. The summed E-state index contributed by atoms with van der Waals surface area (Å²) in [5.74, 6) is 0.627. The molecule has 0 heterocycles. The van der Waals surface area contributed by atoms with E-state index < -0.39 is 0 Å². The number of carbonyl (C=O) groups excluding carboxylic acids is 1. The van der Waals surface area contributed by atoms with Crippen LogP contribution >= 0.6 is 0 Å². The molecule has 1 amide bonds. The average molecular weight is 252 g/mol. The molecule has 0 spiro atoms. The summed E-state index contributed by atoms with van der Waals surface area (Å²) >= 11 is 0. The quantitative estimate of drug-likeness (QED) is 0.686. The molecule has 0 aliphatic heterocycles. The summed E-state index contributed by atoms with van der Waals surface area (Å²) in [6.07, 6.45) is 0.349. The summed E-state index contributed by atoms with van der Waals surface area (Å²) in [6.45, 7) is 3.88. The minimum atomic E-state index is -0.0700. The van der Waals surface area contributed by atoms with Crippen LogP contribution in [-0.4, -0.2) is 32.3 Å². The van der Waals surface area contributed by atoms with Gasteiger partial charge >= 0.3 is 0 Å². The molecule has 0 aliphatic rings. The summed E-state index contributed by atoms with van der Waals surface area (Å²) in [5.41, 5.74) is 6.07. The maximum atomic E-state index is 11.6. The van der Waals surface area contributed by atoms with E-state index in [1.165, 1.54) is 0 Å². The van der Waals surface area contributed by atoms with E-state index in [4.69, 9.17) is 15.2 Å². The van der Waals surface area contributed by atoms with E-state index in [1.54, 1.807) is 6.07 Å². The third-order valence-electron chi connectivity index (χ3n) is 2.18. The Balaban J connectivity index is 2.43. The maximum Gasteiger partial charge on any atom is 0.226 e. The van der Waals surface area contributed by atoms with Crippen molar-refractivity contribution in [2.75, 3.05) is 31.7 Å². The van der Waals surface area contributed by atoms with Crippen LogP contribution in [0.25, 0.3) is 0 Å². The highest BCUT2D eigenvalue weighted by Crippen LogP contribution is 2.17. The Morgan fingerprint density at radius 2 is 2.22 bits per heavy atom. The summed E-state index contributed by atoms with van der Waals surface area (Å²) in [7, 11) is 0. The molecule has 0 radical (unpaired) electrons. The fourth-order valence-corrected chi connectivity index (χ4v) is 1.37. The molecule has 0 aromatic heterocycles. The Morgan fingerprint density at radius 1 is 1.39 bits per heavy atom. The van der Waals surface area contributed by atoms with Crippen molar-refractivity contribution in [3.8, 4) is 5.75 Å². The van der Waals surface area contributed by atoms with Crippen LogP contribution in [0.3, 0.4) is 0 Å². The molecule has 3 N–H and O–H groups in total. The van der Waals surface area contributed by atoms with Gasteiger partial charge in [0.15, 0.2) is 0 Å². The highest BCUT2D eigenvalue weighted by molar-refractivity contribution is 5.90. The molecule has 0 bridgehead atoms. The van der Waals surface area contributed by atoms with Crippen molar-refractivity contribution in [2.45, 2.75) is 13.3 Å². The summed E-state index contributed by atoms with van der Waals surface area (Å²) in [5, 5.41) is 2.79. The lowest BCUT2D eigenvalue weighted by Crippen LogP contribution is -2.14. The predicted molar refractivity (Wildman–Crippen MR) is 70.7 cm³/mol. The Labute approximate surface area is 107 Å². The van der Waals surface area contributed by atoms with E-state index in [2.05, 4.69) is 5.32 Å². The van der Waals surface area contributed by atoms with Gasteiger partial charge in [0.05, 0.1) is 13.0 Å². The van der Waals surface area contributed by atoms with E-state index in [0.717, 1.165) is 0 Å². The van der Waals surface area contributed by atoms with Crippen LogP contribution in [0.2, 0.25) is 0 Å². The minimum absolute atomic E-state index is 0.0700. The topological polar surface area (TPSA) is 73.6 Å². The van der Waals surface area contributed by atoms with Crippen molar-refractivity contribution in [1.29, 1.82) is 0 Å². The number of anilines is 1. The lowest BCUT2D eigenvalue weighted by atomic mass is 10.3. The van der Waals surface area contributed by atoms with Crippen molar-refractivity contribution in [1.82, 2.24) is 0 Å². The molecular formula is C13H20N2O3. The first-order valence-corrected chi connectivity index (χ1v) is 6.06. The number of rotatable bonds is 8. The largest absolute Gasteiger partial charge is 0.492 e. The molecule has 100 valence electrons. The van der Waals surface area contributed by atoms with Gasteiger partial charge in [-0.05, 0) is 19.1 Å². The smallest absolute Gasteiger partial charge is 0.226 e. The highest BCUT2D eigenvalue weighted by atomic mass is 16.5. The standard InChI is InChI=1S/C13H20N2O3/c1-2-17-8-6-13(16)15-11-4-3-5-12(10-11)18-9-7-14/h3-5,10H,2,6-9,14H2,1H3,(H,15,16). The van der Waals surface area contributed by atoms with Crippen LogP contribution < -0.4 is 15.8 Å². The van der Waals surface area contributed by atoms with Crippen LogP contribution in [0, 0.1) is 0 Å². The van der Waals surface area contributed by atoms with Crippen molar-refractivity contribution in [2.24, 2.45) is 5.73 Å². The zero-order valence-electron chi connectivity index (χ0n) is 10.6. The second-order valence-electron chi connectivity index (χ2n) is 3.66. The summed E-state index contributed by atoms with van der Waals surface area (Å²) in [6, 6.07) is 7.23. The Bertz CT molecular complexity index is 369. The second-order valence-corrected chi connectivity index (χ2v) is 3.66. The first-order valence-electron chi connectivity index (χ1n) is 6.06. The van der Waals surface area contributed by atoms with Crippen LogP contribution in [0.4, 0.5) is 5.69 Å². The van der Waals surface area contributed by atoms with Gasteiger partial charge in [-0.1, -0.05) is 6.07 Å². The van der Waals surface area contributed by atoms with Crippen molar-refractivity contribution >= 4 is 11.6 Å². The number of hydrogen-bond acceptors (Lipinski definition) is 4. The average Bonchev–Trinajstić information content (AvgIpc) is 2.37. The SMILES string of the molecule is CCOCCC(=O)Nc1cccc(OCCN)c1. The molecule has 0 atom stereocenters. The van der Waals surface area contributed by atoms with Gasteiger partial charge in [-0.15, -0.1) is 0 Å². The van der Waals surface area contributed by atoms with Crippen LogP contribution in [0.5, 0.6) is 5.75 Å². The molecule has 0 unspecified atom stereocenters. The highest BCUT2D eigenvalue weighted by Gasteiger charge is 2.03. The van der Waals surface area contributed by atoms with Gasteiger partial charge in [-0.2, -0.15) is 0 Å². The fraction of sp³-hybridized carbons (Fsp3) is 0.462. The molecule has 5 nitrogen and oxygen atoms in total. The number of nitrogens with one attached hydrogen (secondary N) is 1. The molecule has 0 fully saturated rings. The van der Waals surface area contributed by atoms with E-state index in [1.807, 2.05) is 25.1 Å². The first-order chi connectivity index (χ1) is 8.76.